The van der Waals surface area contributed by atoms with Crippen molar-refractivity contribution in [3.05, 3.63) is 91.2 Å². The molecule has 3 aromatic rings. The van der Waals surface area contributed by atoms with E-state index in [0.717, 1.165) is 0 Å². The van der Waals surface area contributed by atoms with Gasteiger partial charge < -0.3 is 14.4 Å². The van der Waals surface area contributed by atoms with Crippen molar-refractivity contribution >= 4 is 46.5 Å². The monoisotopic (exact) mass is 513 g/mol. The molecule has 2 aromatic carbocycles. The molecule has 1 aromatic heterocycles. The van der Waals surface area contributed by atoms with Crippen molar-refractivity contribution in [3.8, 4) is 0 Å². The van der Waals surface area contributed by atoms with Gasteiger partial charge in [-0.3, -0.25) is 4.79 Å². The zero-order valence-corrected chi connectivity index (χ0v) is 20.3. The third kappa shape index (κ3) is 6.36. The highest BCUT2D eigenvalue weighted by Gasteiger charge is 2.33. The molecule has 1 amide bonds. The van der Waals surface area contributed by atoms with Crippen LogP contribution in [0.1, 0.15) is 32.0 Å². The van der Waals surface area contributed by atoms with Crippen molar-refractivity contribution in [1.82, 2.24) is 9.88 Å². The van der Waals surface area contributed by atoms with Crippen molar-refractivity contribution in [2.24, 2.45) is 5.11 Å². The zero-order valence-electron chi connectivity index (χ0n) is 18.8. The van der Waals surface area contributed by atoms with E-state index >= 15 is 0 Å². The maximum atomic E-state index is 13.8. The number of hydrogen-bond acceptors (Lipinski definition) is 8. The number of aromatic nitrogens is 1. The summed E-state index contributed by atoms with van der Waals surface area (Å²) >= 11 is 7.38. The molecule has 0 radical (unpaired) electrons. The molecule has 0 aliphatic carbocycles. The number of halogens is 1. The molecule has 3 rings (SSSR count). The first kappa shape index (κ1) is 25.7. The molecular formula is C23H20ClN5O5S. The Hall–Kier alpha value is -3.92. The Morgan fingerprint density at radius 2 is 1.91 bits per heavy atom. The fourth-order valence-electron chi connectivity index (χ4n) is 3.35. The van der Waals surface area contributed by atoms with Crippen molar-refractivity contribution in [2.75, 3.05) is 14.2 Å². The molecule has 0 saturated heterocycles. The highest BCUT2D eigenvalue weighted by molar-refractivity contribution is 7.07. The number of thiazole rings is 1. The van der Waals surface area contributed by atoms with Crippen LogP contribution in [-0.4, -0.2) is 48.0 Å². The average Bonchev–Trinajstić information content (AvgIpc) is 3.39. The lowest BCUT2D eigenvalue weighted by atomic mass is 10.0. The molecule has 0 bridgehead atoms. The van der Waals surface area contributed by atoms with Crippen molar-refractivity contribution < 1.29 is 23.9 Å². The SMILES string of the molecule is COC(=O)c1ccc(CN(C(=O)c2ccc(Cl)cc2N=[N+]=[N-])[C@@H](Cc2cscn2)C(=O)OC)cc1. The first-order valence-electron chi connectivity index (χ1n) is 10.2. The fourth-order valence-corrected chi connectivity index (χ4v) is 4.09. The molecule has 0 fully saturated rings. The molecule has 0 aliphatic heterocycles. The molecule has 1 heterocycles. The van der Waals surface area contributed by atoms with Gasteiger partial charge in [0.05, 0.1) is 36.7 Å². The lowest BCUT2D eigenvalue weighted by molar-refractivity contribution is -0.146. The van der Waals surface area contributed by atoms with Crippen LogP contribution in [0.15, 0.2) is 58.5 Å². The van der Waals surface area contributed by atoms with Crippen molar-refractivity contribution in [3.63, 3.8) is 0 Å². The molecule has 0 aliphatic rings. The second-order valence-electron chi connectivity index (χ2n) is 7.20. The van der Waals surface area contributed by atoms with Gasteiger partial charge in [-0.2, -0.15) is 0 Å². The smallest absolute Gasteiger partial charge is 0.337 e. The number of ether oxygens (including phenoxy) is 2. The van der Waals surface area contributed by atoms with Gasteiger partial charge in [0.2, 0.25) is 0 Å². The Morgan fingerprint density at radius 1 is 1.17 bits per heavy atom. The van der Waals surface area contributed by atoms with Crippen LogP contribution in [0.3, 0.4) is 0 Å². The minimum atomic E-state index is -1.04. The minimum Gasteiger partial charge on any atom is -0.467 e. The number of carbonyl (C=O) groups is 3. The number of esters is 2. The van der Waals surface area contributed by atoms with Crippen LogP contribution >= 0.6 is 22.9 Å². The summed E-state index contributed by atoms with van der Waals surface area (Å²) in [6, 6.07) is 9.67. The molecule has 0 unspecified atom stereocenters. The van der Waals surface area contributed by atoms with Crippen LogP contribution in [0, 0.1) is 0 Å². The van der Waals surface area contributed by atoms with E-state index in [2.05, 4.69) is 15.0 Å². The summed E-state index contributed by atoms with van der Waals surface area (Å²) in [4.78, 5) is 46.7. The number of azide groups is 1. The number of methoxy groups -OCH3 is 2. The summed E-state index contributed by atoms with van der Waals surface area (Å²) in [6.45, 7) is -0.0114. The standard InChI is InChI=1S/C23H20ClN5O5S/c1-33-22(31)15-5-3-14(4-6-15)11-29(20(23(32)34-2)10-17-12-35-13-26-17)21(30)18-8-7-16(24)9-19(18)27-28-25/h3-9,12-13,20H,10-11H2,1-2H3/t20-/m0/s1. The number of hydrogen-bond donors (Lipinski definition) is 0. The number of nitrogens with zero attached hydrogens (tertiary/aromatic N) is 5. The molecule has 12 heteroatoms. The Bertz CT molecular complexity index is 1260. The van der Waals surface area contributed by atoms with E-state index in [1.54, 1.807) is 35.2 Å². The van der Waals surface area contributed by atoms with Gasteiger partial charge in [0.25, 0.3) is 5.91 Å². The van der Waals surface area contributed by atoms with Gasteiger partial charge in [-0.15, -0.1) is 11.3 Å². The van der Waals surface area contributed by atoms with Gasteiger partial charge in [-0.1, -0.05) is 28.8 Å². The quantitative estimate of drug-likeness (QED) is 0.172. The zero-order chi connectivity index (χ0) is 25.4. The molecule has 0 saturated carbocycles. The van der Waals surface area contributed by atoms with E-state index in [-0.39, 0.29) is 29.2 Å². The maximum Gasteiger partial charge on any atom is 0.337 e. The lowest BCUT2D eigenvalue weighted by Gasteiger charge is -2.30. The predicted octanol–water partition coefficient (Wildman–Crippen LogP) is 4.95. The molecular weight excluding hydrogens is 494 g/mol. The highest BCUT2D eigenvalue weighted by Crippen LogP contribution is 2.28. The van der Waals surface area contributed by atoms with E-state index in [9.17, 15) is 14.4 Å². The maximum absolute atomic E-state index is 13.8. The van der Waals surface area contributed by atoms with Gasteiger partial charge in [0, 0.05) is 33.8 Å². The molecule has 0 spiro atoms. The topological polar surface area (TPSA) is 135 Å². The van der Waals surface area contributed by atoms with Crippen molar-refractivity contribution in [2.45, 2.75) is 19.0 Å². The molecule has 1 atom stereocenters. The van der Waals surface area contributed by atoms with E-state index < -0.39 is 23.9 Å². The number of rotatable bonds is 9. The summed E-state index contributed by atoms with van der Waals surface area (Å²) in [5.74, 6) is -1.72. The minimum absolute atomic E-state index is 0.0114. The van der Waals surface area contributed by atoms with Crippen LogP contribution < -0.4 is 0 Å². The normalized spacial score (nSPS) is 11.2. The number of amides is 1. The number of benzene rings is 2. The van der Waals surface area contributed by atoms with Crippen molar-refractivity contribution in [1.29, 1.82) is 0 Å². The Balaban J connectivity index is 2.06. The number of carbonyl (C=O) groups excluding carboxylic acids is 3. The van der Waals surface area contributed by atoms with E-state index in [1.807, 2.05) is 0 Å². The molecule has 10 nitrogen and oxygen atoms in total. The Labute approximate surface area is 209 Å². The summed E-state index contributed by atoms with van der Waals surface area (Å²) in [5.41, 5.74) is 12.2. The Kier molecular flexibility index (Phi) is 8.80. The third-order valence-corrected chi connectivity index (χ3v) is 5.94. The lowest BCUT2D eigenvalue weighted by Crippen LogP contribution is -2.46. The van der Waals surface area contributed by atoms with Crippen LogP contribution in [0.2, 0.25) is 5.02 Å². The first-order chi connectivity index (χ1) is 16.9. The second-order valence-corrected chi connectivity index (χ2v) is 8.35. The second kappa shape index (κ2) is 12.0. The van der Waals surface area contributed by atoms with Crippen LogP contribution in [0.4, 0.5) is 5.69 Å². The predicted molar refractivity (Wildman–Crippen MR) is 130 cm³/mol. The molecule has 35 heavy (non-hydrogen) atoms. The van der Waals surface area contributed by atoms with Gasteiger partial charge in [-0.05, 0) is 41.4 Å². The van der Waals surface area contributed by atoms with E-state index in [0.29, 0.717) is 16.8 Å². The van der Waals surface area contributed by atoms with E-state index in [4.69, 9.17) is 26.6 Å². The summed E-state index contributed by atoms with van der Waals surface area (Å²) in [6.07, 6.45) is 0.104. The summed E-state index contributed by atoms with van der Waals surface area (Å²) in [5, 5.41) is 5.64. The van der Waals surface area contributed by atoms with Crippen LogP contribution in [-0.2, 0) is 27.2 Å². The van der Waals surface area contributed by atoms with Gasteiger partial charge in [0.1, 0.15) is 6.04 Å². The largest absolute Gasteiger partial charge is 0.467 e. The fraction of sp³-hybridized carbons (Fsp3) is 0.217. The van der Waals surface area contributed by atoms with Gasteiger partial charge >= 0.3 is 11.9 Å². The molecule has 0 N–H and O–H groups in total. The average molecular weight is 514 g/mol. The van der Waals surface area contributed by atoms with Crippen LogP contribution in [0.5, 0.6) is 0 Å². The first-order valence-corrected chi connectivity index (χ1v) is 11.5. The van der Waals surface area contributed by atoms with E-state index in [1.165, 1.54) is 48.7 Å². The third-order valence-electron chi connectivity index (χ3n) is 5.07. The van der Waals surface area contributed by atoms with Gasteiger partial charge in [0.15, 0.2) is 0 Å². The molecule has 180 valence electrons. The highest BCUT2D eigenvalue weighted by atomic mass is 35.5. The summed E-state index contributed by atoms with van der Waals surface area (Å²) < 4.78 is 9.73. The summed E-state index contributed by atoms with van der Waals surface area (Å²) in [7, 11) is 2.52. The van der Waals surface area contributed by atoms with Crippen LogP contribution in [0.25, 0.3) is 10.4 Å². The Morgan fingerprint density at radius 3 is 2.51 bits per heavy atom. The van der Waals surface area contributed by atoms with Gasteiger partial charge in [-0.25, -0.2) is 14.6 Å².